The second kappa shape index (κ2) is 7.53. The number of aromatic nitrogens is 2. The molecule has 18 heavy (non-hydrogen) atoms. The Balaban J connectivity index is 2.22. The SMILES string of the molecule is CC(C)N(C)CCCCNc1nc(N)cc(Br)n1. The number of anilines is 2. The number of nitrogens with one attached hydrogen (secondary N) is 1. The normalized spacial score (nSPS) is 11.2. The molecule has 0 saturated carbocycles. The van der Waals surface area contributed by atoms with Gasteiger partial charge in [0.1, 0.15) is 10.4 Å². The number of unbranched alkanes of at least 4 members (excludes halogenated alkanes) is 1. The van der Waals surface area contributed by atoms with Crippen molar-refractivity contribution < 1.29 is 0 Å². The lowest BCUT2D eigenvalue weighted by Crippen LogP contribution is -2.27. The fourth-order valence-electron chi connectivity index (χ4n) is 1.46. The first-order chi connectivity index (χ1) is 8.49. The van der Waals surface area contributed by atoms with E-state index in [1.807, 2.05) is 0 Å². The highest BCUT2D eigenvalue weighted by atomic mass is 79.9. The summed E-state index contributed by atoms with van der Waals surface area (Å²) in [4.78, 5) is 10.7. The second-order valence-corrected chi connectivity index (χ2v) is 5.46. The Morgan fingerprint density at radius 1 is 1.39 bits per heavy atom. The molecular weight excluding hydrogens is 294 g/mol. The van der Waals surface area contributed by atoms with Crippen molar-refractivity contribution in [1.29, 1.82) is 0 Å². The van der Waals surface area contributed by atoms with E-state index >= 15 is 0 Å². The molecule has 1 heterocycles. The standard InChI is InChI=1S/C12H22BrN5/c1-9(2)18(3)7-5-4-6-15-12-16-10(13)8-11(14)17-12/h8-9H,4-7H2,1-3H3,(H3,14,15,16,17). The molecule has 0 saturated heterocycles. The zero-order chi connectivity index (χ0) is 13.5. The zero-order valence-electron chi connectivity index (χ0n) is 11.3. The molecule has 6 heteroatoms. The van der Waals surface area contributed by atoms with Gasteiger partial charge in [0.15, 0.2) is 0 Å². The Morgan fingerprint density at radius 3 is 2.72 bits per heavy atom. The van der Waals surface area contributed by atoms with Gasteiger partial charge in [0.05, 0.1) is 0 Å². The van der Waals surface area contributed by atoms with Crippen molar-refractivity contribution in [2.45, 2.75) is 32.7 Å². The van der Waals surface area contributed by atoms with Gasteiger partial charge in [0.2, 0.25) is 5.95 Å². The van der Waals surface area contributed by atoms with Crippen molar-refractivity contribution in [1.82, 2.24) is 14.9 Å². The predicted octanol–water partition coefficient (Wildman–Crippen LogP) is 2.35. The maximum atomic E-state index is 5.64. The Bertz CT molecular complexity index is 349. The minimum absolute atomic E-state index is 0.471. The number of hydrogen-bond donors (Lipinski definition) is 2. The largest absolute Gasteiger partial charge is 0.383 e. The summed E-state index contributed by atoms with van der Waals surface area (Å²) in [7, 11) is 2.15. The van der Waals surface area contributed by atoms with Gasteiger partial charge in [-0.05, 0) is 56.2 Å². The van der Waals surface area contributed by atoms with Gasteiger partial charge in [0, 0.05) is 18.7 Å². The molecule has 1 aromatic heterocycles. The van der Waals surface area contributed by atoms with Gasteiger partial charge in [-0.1, -0.05) is 0 Å². The van der Waals surface area contributed by atoms with E-state index in [4.69, 9.17) is 5.73 Å². The first kappa shape index (κ1) is 15.2. The van der Waals surface area contributed by atoms with Crippen LogP contribution in [0.4, 0.5) is 11.8 Å². The minimum Gasteiger partial charge on any atom is -0.383 e. The topological polar surface area (TPSA) is 67.1 Å². The molecule has 0 spiro atoms. The molecule has 0 radical (unpaired) electrons. The second-order valence-electron chi connectivity index (χ2n) is 4.65. The molecule has 0 fully saturated rings. The molecule has 0 aromatic carbocycles. The van der Waals surface area contributed by atoms with Gasteiger partial charge >= 0.3 is 0 Å². The van der Waals surface area contributed by atoms with E-state index < -0.39 is 0 Å². The van der Waals surface area contributed by atoms with Crippen molar-refractivity contribution in [3.63, 3.8) is 0 Å². The van der Waals surface area contributed by atoms with Crippen LogP contribution in [0.2, 0.25) is 0 Å². The molecule has 0 atom stereocenters. The number of nitrogens with zero attached hydrogens (tertiary/aromatic N) is 3. The van der Waals surface area contributed by atoms with Gasteiger partial charge in [-0.3, -0.25) is 0 Å². The van der Waals surface area contributed by atoms with Crippen molar-refractivity contribution >= 4 is 27.7 Å². The summed E-state index contributed by atoms with van der Waals surface area (Å²) in [5.74, 6) is 1.05. The Labute approximate surface area is 117 Å². The zero-order valence-corrected chi connectivity index (χ0v) is 12.9. The molecule has 0 aliphatic carbocycles. The number of nitrogens with two attached hydrogens (primary N) is 1. The molecule has 0 amide bonds. The number of hydrogen-bond acceptors (Lipinski definition) is 5. The Morgan fingerprint density at radius 2 is 2.11 bits per heavy atom. The third kappa shape index (κ3) is 5.64. The first-order valence-corrected chi connectivity index (χ1v) is 7.02. The molecule has 1 aromatic rings. The number of rotatable bonds is 7. The van der Waals surface area contributed by atoms with Crippen LogP contribution in [-0.4, -0.2) is 41.0 Å². The summed E-state index contributed by atoms with van der Waals surface area (Å²) in [6, 6.07) is 2.29. The van der Waals surface area contributed by atoms with Gasteiger partial charge < -0.3 is 16.0 Å². The van der Waals surface area contributed by atoms with E-state index in [1.165, 1.54) is 0 Å². The summed E-state index contributed by atoms with van der Waals surface area (Å²) in [5, 5.41) is 3.18. The van der Waals surface area contributed by atoms with E-state index in [2.05, 4.69) is 57.0 Å². The summed E-state index contributed by atoms with van der Waals surface area (Å²) in [6.07, 6.45) is 2.25. The van der Waals surface area contributed by atoms with Crippen LogP contribution < -0.4 is 11.1 Å². The lowest BCUT2D eigenvalue weighted by Gasteiger charge is -2.20. The summed E-state index contributed by atoms with van der Waals surface area (Å²) in [6.45, 7) is 6.38. The average Bonchev–Trinajstić information content (AvgIpc) is 2.26. The van der Waals surface area contributed by atoms with Crippen LogP contribution in [0.5, 0.6) is 0 Å². The van der Waals surface area contributed by atoms with Crippen LogP contribution in [-0.2, 0) is 0 Å². The van der Waals surface area contributed by atoms with Gasteiger partial charge in [-0.25, -0.2) is 4.98 Å². The average molecular weight is 316 g/mol. The van der Waals surface area contributed by atoms with Crippen molar-refractivity contribution in [2.24, 2.45) is 0 Å². The Kier molecular flexibility index (Phi) is 6.35. The molecule has 0 aliphatic heterocycles. The lowest BCUT2D eigenvalue weighted by atomic mass is 10.2. The fourth-order valence-corrected chi connectivity index (χ4v) is 1.86. The van der Waals surface area contributed by atoms with Crippen LogP contribution in [0.1, 0.15) is 26.7 Å². The minimum atomic E-state index is 0.471. The maximum Gasteiger partial charge on any atom is 0.225 e. The predicted molar refractivity (Wildman–Crippen MR) is 79.6 cm³/mol. The van der Waals surface area contributed by atoms with Crippen LogP contribution in [0.3, 0.4) is 0 Å². The van der Waals surface area contributed by atoms with Crippen molar-refractivity contribution in [3.05, 3.63) is 10.7 Å². The summed E-state index contributed by atoms with van der Waals surface area (Å²) < 4.78 is 0.706. The quantitative estimate of drug-likeness (QED) is 0.597. The van der Waals surface area contributed by atoms with E-state index in [9.17, 15) is 0 Å². The Hall–Kier alpha value is -0.880. The maximum absolute atomic E-state index is 5.64. The van der Waals surface area contributed by atoms with Crippen LogP contribution >= 0.6 is 15.9 Å². The highest BCUT2D eigenvalue weighted by molar-refractivity contribution is 9.10. The summed E-state index contributed by atoms with van der Waals surface area (Å²) in [5.41, 5.74) is 5.64. The molecule has 1 rings (SSSR count). The summed E-state index contributed by atoms with van der Waals surface area (Å²) >= 11 is 3.29. The fraction of sp³-hybridized carbons (Fsp3) is 0.667. The lowest BCUT2D eigenvalue weighted by molar-refractivity contribution is 0.269. The van der Waals surface area contributed by atoms with Crippen molar-refractivity contribution in [3.8, 4) is 0 Å². The van der Waals surface area contributed by atoms with Crippen LogP contribution in [0.25, 0.3) is 0 Å². The third-order valence-corrected chi connectivity index (χ3v) is 3.22. The van der Waals surface area contributed by atoms with Crippen LogP contribution in [0.15, 0.2) is 10.7 Å². The van der Waals surface area contributed by atoms with Crippen molar-refractivity contribution in [2.75, 3.05) is 31.2 Å². The molecule has 0 unspecified atom stereocenters. The van der Waals surface area contributed by atoms with E-state index in [1.54, 1.807) is 6.07 Å². The monoisotopic (exact) mass is 315 g/mol. The van der Waals surface area contributed by atoms with Gasteiger partial charge in [-0.2, -0.15) is 4.98 Å². The van der Waals surface area contributed by atoms with E-state index in [-0.39, 0.29) is 0 Å². The third-order valence-electron chi connectivity index (χ3n) is 2.82. The molecular formula is C12H22BrN5. The highest BCUT2D eigenvalue weighted by Gasteiger charge is 2.03. The van der Waals surface area contributed by atoms with E-state index in [0.29, 0.717) is 22.4 Å². The first-order valence-electron chi connectivity index (χ1n) is 6.23. The van der Waals surface area contributed by atoms with Crippen LogP contribution in [0, 0.1) is 0 Å². The smallest absolute Gasteiger partial charge is 0.225 e. The van der Waals surface area contributed by atoms with Gasteiger partial charge in [0.25, 0.3) is 0 Å². The molecule has 3 N–H and O–H groups in total. The number of halogens is 1. The highest BCUT2D eigenvalue weighted by Crippen LogP contribution is 2.12. The number of nitrogen functional groups attached to an aromatic ring is 1. The van der Waals surface area contributed by atoms with Gasteiger partial charge in [-0.15, -0.1) is 0 Å². The molecule has 102 valence electrons. The molecule has 5 nitrogen and oxygen atoms in total. The molecule has 0 bridgehead atoms. The van der Waals surface area contributed by atoms with E-state index in [0.717, 1.165) is 25.9 Å². The molecule has 0 aliphatic rings.